The standard InChI is InChI=1S/C21H23N3O4/c25-19(22-17-12-8-15(9-13-17)20(26)27)14-6-10-18(11-7-14)24-21(28)23-16-4-2-1-3-5-16/h1-7,10-11,15,17H,8-9,12-13H2,(H,22,25)(H,26,27)(H2,23,24,28). The average molecular weight is 381 g/mol. The third-order valence-electron chi connectivity index (χ3n) is 4.85. The van der Waals surface area contributed by atoms with Crippen molar-refractivity contribution in [1.29, 1.82) is 0 Å². The van der Waals surface area contributed by atoms with Crippen LogP contribution in [-0.2, 0) is 4.79 Å². The van der Waals surface area contributed by atoms with Gasteiger partial charge >= 0.3 is 12.0 Å². The number of carboxylic acids is 1. The summed E-state index contributed by atoms with van der Waals surface area (Å²) in [6.45, 7) is 0. The first-order valence-electron chi connectivity index (χ1n) is 9.28. The van der Waals surface area contributed by atoms with Crippen LogP contribution in [-0.4, -0.2) is 29.1 Å². The molecule has 1 aliphatic rings. The van der Waals surface area contributed by atoms with Crippen molar-refractivity contribution in [1.82, 2.24) is 5.32 Å². The predicted molar refractivity (Wildman–Crippen MR) is 106 cm³/mol. The normalized spacial score (nSPS) is 18.7. The second-order valence-corrected chi connectivity index (χ2v) is 6.88. The van der Waals surface area contributed by atoms with Crippen molar-refractivity contribution in [2.45, 2.75) is 31.7 Å². The van der Waals surface area contributed by atoms with Crippen molar-refractivity contribution in [3.63, 3.8) is 0 Å². The molecule has 7 nitrogen and oxygen atoms in total. The summed E-state index contributed by atoms with van der Waals surface area (Å²) in [5, 5.41) is 17.4. The number of hydrogen-bond acceptors (Lipinski definition) is 3. The van der Waals surface area contributed by atoms with Gasteiger partial charge in [0.25, 0.3) is 5.91 Å². The van der Waals surface area contributed by atoms with E-state index in [2.05, 4.69) is 16.0 Å². The molecule has 1 aliphatic carbocycles. The number of carbonyl (C=O) groups is 3. The highest BCUT2D eigenvalue weighted by Crippen LogP contribution is 2.24. The number of para-hydroxylation sites is 1. The smallest absolute Gasteiger partial charge is 0.323 e. The molecule has 3 amide bonds. The largest absolute Gasteiger partial charge is 0.481 e. The second-order valence-electron chi connectivity index (χ2n) is 6.88. The zero-order valence-corrected chi connectivity index (χ0v) is 15.4. The van der Waals surface area contributed by atoms with Gasteiger partial charge in [-0.25, -0.2) is 4.79 Å². The van der Waals surface area contributed by atoms with E-state index in [0.29, 0.717) is 42.6 Å². The van der Waals surface area contributed by atoms with E-state index in [-0.39, 0.29) is 23.9 Å². The Morgan fingerprint density at radius 3 is 1.93 bits per heavy atom. The van der Waals surface area contributed by atoms with Gasteiger partial charge in [-0.2, -0.15) is 0 Å². The molecule has 2 aromatic carbocycles. The van der Waals surface area contributed by atoms with Crippen LogP contribution in [0.25, 0.3) is 0 Å². The van der Waals surface area contributed by atoms with E-state index in [9.17, 15) is 14.4 Å². The Kier molecular flexibility index (Phi) is 6.26. The van der Waals surface area contributed by atoms with Gasteiger partial charge in [0, 0.05) is 23.0 Å². The van der Waals surface area contributed by atoms with Crippen LogP contribution in [0, 0.1) is 5.92 Å². The Bertz CT molecular complexity index is 828. The molecule has 0 aliphatic heterocycles. The van der Waals surface area contributed by atoms with E-state index in [4.69, 9.17) is 5.11 Å². The van der Waals surface area contributed by atoms with Crippen molar-refractivity contribution in [2.24, 2.45) is 5.92 Å². The molecule has 1 saturated carbocycles. The molecule has 0 bridgehead atoms. The van der Waals surface area contributed by atoms with Gasteiger partial charge in [-0.05, 0) is 62.1 Å². The van der Waals surface area contributed by atoms with Crippen molar-refractivity contribution in [3.05, 3.63) is 60.2 Å². The lowest BCUT2D eigenvalue weighted by Crippen LogP contribution is -2.38. The van der Waals surface area contributed by atoms with Crippen LogP contribution >= 0.6 is 0 Å². The molecule has 4 N–H and O–H groups in total. The maximum absolute atomic E-state index is 12.4. The molecule has 0 saturated heterocycles. The molecule has 146 valence electrons. The first kappa shape index (κ1) is 19.4. The number of carbonyl (C=O) groups excluding carboxylic acids is 2. The van der Waals surface area contributed by atoms with Crippen molar-refractivity contribution >= 4 is 29.3 Å². The number of anilines is 2. The molecule has 0 aromatic heterocycles. The third kappa shape index (κ3) is 5.33. The average Bonchev–Trinajstić information content (AvgIpc) is 2.69. The van der Waals surface area contributed by atoms with Crippen LogP contribution < -0.4 is 16.0 Å². The summed E-state index contributed by atoms with van der Waals surface area (Å²) in [6, 6.07) is 15.4. The zero-order chi connectivity index (χ0) is 19.9. The number of rotatable bonds is 5. The van der Waals surface area contributed by atoms with Crippen LogP contribution in [0.2, 0.25) is 0 Å². The fourth-order valence-electron chi connectivity index (χ4n) is 3.27. The molecular weight excluding hydrogens is 358 g/mol. The van der Waals surface area contributed by atoms with Gasteiger partial charge in [0.1, 0.15) is 0 Å². The molecule has 0 radical (unpaired) electrons. The number of amides is 3. The summed E-state index contributed by atoms with van der Waals surface area (Å²) < 4.78 is 0. The summed E-state index contributed by atoms with van der Waals surface area (Å²) in [4.78, 5) is 35.4. The first-order chi connectivity index (χ1) is 13.5. The summed E-state index contributed by atoms with van der Waals surface area (Å²) >= 11 is 0. The van der Waals surface area contributed by atoms with Gasteiger partial charge in [0.2, 0.25) is 0 Å². The monoisotopic (exact) mass is 381 g/mol. The van der Waals surface area contributed by atoms with Crippen molar-refractivity contribution < 1.29 is 19.5 Å². The number of urea groups is 1. The van der Waals surface area contributed by atoms with Gasteiger partial charge in [-0.15, -0.1) is 0 Å². The third-order valence-corrected chi connectivity index (χ3v) is 4.85. The molecule has 0 heterocycles. The molecule has 3 rings (SSSR count). The lowest BCUT2D eigenvalue weighted by molar-refractivity contribution is -0.142. The Morgan fingerprint density at radius 1 is 0.786 bits per heavy atom. The van der Waals surface area contributed by atoms with E-state index >= 15 is 0 Å². The number of hydrogen-bond donors (Lipinski definition) is 4. The zero-order valence-electron chi connectivity index (χ0n) is 15.4. The Morgan fingerprint density at radius 2 is 1.36 bits per heavy atom. The van der Waals surface area contributed by atoms with Gasteiger partial charge in [-0.3, -0.25) is 9.59 Å². The Labute approximate surface area is 163 Å². The predicted octanol–water partition coefficient (Wildman–Crippen LogP) is 3.70. The van der Waals surface area contributed by atoms with Crippen LogP contribution in [0.4, 0.5) is 16.2 Å². The van der Waals surface area contributed by atoms with E-state index in [1.54, 1.807) is 36.4 Å². The van der Waals surface area contributed by atoms with Gasteiger partial charge < -0.3 is 21.1 Å². The summed E-state index contributed by atoms with van der Waals surface area (Å²) in [6.07, 6.45) is 2.50. The number of nitrogens with one attached hydrogen (secondary N) is 3. The maximum Gasteiger partial charge on any atom is 0.323 e. The van der Waals surface area contributed by atoms with E-state index in [1.807, 2.05) is 18.2 Å². The quantitative estimate of drug-likeness (QED) is 0.633. The lowest BCUT2D eigenvalue weighted by atomic mass is 9.86. The second kappa shape index (κ2) is 9.03. The van der Waals surface area contributed by atoms with Crippen LogP contribution in [0.15, 0.2) is 54.6 Å². The van der Waals surface area contributed by atoms with Crippen molar-refractivity contribution in [3.8, 4) is 0 Å². The fraction of sp³-hybridized carbons (Fsp3) is 0.286. The van der Waals surface area contributed by atoms with Crippen molar-refractivity contribution in [2.75, 3.05) is 10.6 Å². The Balaban J connectivity index is 1.49. The maximum atomic E-state index is 12.4. The molecule has 1 fully saturated rings. The highest BCUT2D eigenvalue weighted by Gasteiger charge is 2.26. The molecule has 28 heavy (non-hydrogen) atoms. The van der Waals surface area contributed by atoms with Crippen LogP contribution in [0.5, 0.6) is 0 Å². The van der Waals surface area contributed by atoms with Crippen LogP contribution in [0.1, 0.15) is 36.0 Å². The molecule has 0 spiro atoms. The highest BCUT2D eigenvalue weighted by atomic mass is 16.4. The van der Waals surface area contributed by atoms with Gasteiger partial charge in [0.05, 0.1) is 5.92 Å². The minimum atomic E-state index is -0.760. The SMILES string of the molecule is O=C(Nc1ccccc1)Nc1ccc(C(=O)NC2CCC(C(=O)O)CC2)cc1. The fourth-order valence-corrected chi connectivity index (χ4v) is 3.27. The lowest BCUT2D eigenvalue weighted by Gasteiger charge is -2.26. The minimum absolute atomic E-state index is 0.00227. The van der Waals surface area contributed by atoms with E-state index in [1.165, 1.54) is 0 Å². The topological polar surface area (TPSA) is 108 Å². The molecule has 2 aromatic rings. The molecule has 0 atom stereocenters. The van der Waals surface area contributed by atoms with Gasteiger partial charge in [0.15, 0.2) is 0 Å². The summed E-state index contributed by atoms with van der Waals surface area (Å²) in [5.41, 5.74) is 1.76. The van der Waals surface area contributed by atoms with E-state index < -0.39 is 5.97 Å². The summed E-state index contributed by atoms with van der Waals surface area (Å²) in [7, 11) is 0. The minimum Gasteiger partial charge on any atom is -0.481 e. The van der Waals surface area contributed by atoms with E-state index in [0.717, 1.165) is 0 Å². The number of benzene rings is 2. The molecule has 7 heteroatoms. The summed E-state index contributed by atoms with van der Waals surface area (Å²) in [5.74, 6) is -1.26. The Hall–Kier alpha value is -3.35. The molecular formula is C21H23N3O4. The number of aliphatic carboxylic acids is 1. The number of carboxylic acid groups (broad SMARTS) is 1. The van der Waals surface area contributed by atoms with Crippen LogP contribution in [0.3, 0.4) is 0 Å². The highest BCUT2D eigenvalue weighted by molar-refractivity contribution is 6.00. The first-order valence-corrected chi connectivity index (χ1v) is 9.28. The van der Waals surface area contributed by atoms with Gasteiger partial charge in [-0.1, -0.05) is 18.2 Å². The molecule has 0 unspecified atom stereocenters.